The van der Waals surface area contributed by atoms with Gasteiger partial charge in [-0.25, -0.2) is 29.9 Å². The van der Waals surface area contributed by atoms with Crippen LogP contribution in [0.2, 0.25) is 0 Å². The summed E-state index contributed by atoms with van der Waals surface area (Å²) in [6, 6.07) is 31.1. The lowest BCUT2D eigenvalue weighted by Crippen LogP contribution is -2.38. The number of hydrogen-bond acceptors (Lipinski definition) is 15. The van der Waals surface area contributed by atoms with Gasteiger partial charge in [0.1, 0.15) is 50.9 Å². The molecule has 330 valence electrons. The molecule has 15 heteroatoms. The monoisotopic (exact) mass is 919 g/mol. The third kappa shape index (κ3) is 9.30. The molecule has 12 nitrogen and oxygen atoms in total. The predicted molar refractivity (Wildman–Crippen MR) is 266 cm³/mol. The van der Waals surface area contributed by atoms with Crippen LogP contribution in [0.3, 0.4) is 0 Å². The Bertz CT molecular complexity index is 2980. The van der Waals surface area contributed by atoms with Crippen molar-refractivity contribution in [2.45, 2.75) is 50.4 Å². The molecule has 2 unspecified atom stereocenters. The number of benzene rings is 3. The van der Waals surface area contributed by atoms with Crippen molar-refractivity contribution in [2.24, 2.45) is 0 Å². The van der Waals surface area contributed by atoms with Gasteiger partial charge in [-0.15, -0.1) is 34.0 Å². The molecule has 65 heavy (non-hydrogen) atoms. The van der Waals surface area contributed by atoms with E-state index in [-0.39, 0.29) is 18.3 Å². The highest BCUT2D eigenvalue weighted by Crippen LogP contribution is 2.41. The highest BCUT2D eigenvalue weighted by Gasteiger charge is 2.26. The average molecular weight is 920 g/mol. The number of aliphatic hydroxyl groups excluding tert-OH is 3. The zero-order chi connectivity index (χ0) is 44.1. The summed E-state index contributed by atoms with van der Waals surface area (Å²) >= 11 is 4.95. The maximum atomic E-state index is 9.97. The molecule has 0 radical (unpaired) electrons. The van der Waals surface area contributed by atoms with Crippen molar-refractivity contribution in [1.29, 1.82) is 0 Å². The Balaban J connectivity index is 0.000000115. The topological polar surface area (TPSA) is 148 Å². The number of fused-ring (bicyclic) bond motifs is 3. The molecular weight excluding hydrogens is 871 g/mol. The first kappa shape index (κ1) is 43.0. The van der Waals surface area contributed by atoms with E-state index in [4.69, 9.17) is 0 Å². The van der Waals surface area contributed by atoms with Crippen LogP contribution in [-0.4, -0.2) is 103 Å². The maximum absolute atomic E-state index is 9.97. The number of β-amino-alcohol motifs (C(OH)–C–C–N with tert-alkyl or cyclic N) is 2. The smallest absolute Gasteiger partial charge is 0.141 e. The van der Waals surface area contributed by atoms with Crippen LogP contribution in [0.15, 0.2) is 126 Å². The molecule has 3 saturated heterocycles. The third-order valence-corrected chi connectivity index (χ3v) is 14.9. The molecule has 12 rings (SSSR count). The fourth-order valence-electron chi connectivity index (χ4n) is 8.95. The van der Waals surface area contributed by atoms with E-state index in [1.54, 1.807) is 53.0 Å². The molecule has 9 aromatic rings. The maximum Gasteiger partial charge on any atom is 0.141 e. The van der Waals surface area contributed by atoms with E-state index < -0.39 is 0 Å². The van der Waals surface area contributed by atoms with Gasteiger partial charge >= 0.3 is 0 Å². The summed E-state index contributed by atoms with van der Waals surface area (Å²) < 4.78 is 0. The number of piperidine rings is 2. The van der Waals surface area contributed by atoms with Gasteiger partial charge in [-0.05, 0) is 48.8 Å². The summed E-state index contributed by atoms with van der Waals surface area (Å²) in [7, 11) is 0. The third-order valence-electron chi connectivity index (χ3n) is 12.2. The minimum atomic E-state index is -0.266. The number of rotatable bonds is 6. The van der Waals surface area contributed by atoms with Crippen molar-refractivity contribution in [3.05, 3.63) is 126 Å². The molecule has 2 atom stereocenters. The number of anilines is 3. The van der Waals surface area contributed by atoms with E-state index in [0.29, 0.717) is 13.1 Å². The van der Waals surface area contributed by atoms with Gasteiger partial charge in [0.05, 0.1) is 34.5 Å². The SMILES string of the molecule is OC1CCCN(c2ncnc3scc(-c4ccccc4)c23)C1.OC1CCN(c2ncnc3scc(-c4ccccc4)c23)C1.OC1CCN(c2ncnc3scc(-c4ccccc4)c23)CC1. The summed E-state index contributed by atoms with van der Waals surface area (Å²) in [5.41, 5.74) is 7.11. The van der Waals surface area contributed by atoms with E-state index >= 15 is 0 Å². The molecule has 9 heterocycles. The molecule has 0 amide bonds. The standard InChI is InChI=1S/2C17H17N3OS.C16H15N3OS/c21-13-7-4-8-20(9-13)16-15-14(12-5-2-1-3-6-12)10-22-17(15)19-11-18-16;21-13-6-8-20(9-7-13)16-15-14(12-4-2-1-3-5-12)10-22-17(15)19-11-18-16;20-12-6-7-19(8-12)15-14-13(11-4-2-1-3-5-11)9-21-16(14)18-10-17-15/h1-3,5-6,10-11,13,21H,4,7-9H2;1-5,10-11,13,21H,6-9H2;1-5,9-10,12,20H,6-8H2. The minimum Gasteiger partial charge on any atom is -0.393 e. The van der Waals surface area contributed by atoms with Crippen LogP contribution in [0.5, 0.6) is 0 Å². The first-order valence-electron chi connectivity index (χ1n) is 22.1. The van der Waals surface area contributed by atoms with Gasteiger partial charge in [0.2, 0.25) is 0 Å². The lowest BCUT2D eigenvalue weighted by atomic mass is 10.0. The van der Waals surface area contributed by atoms with Gasteiger partial charge in [-0.3, -0.25) is 0 Å². The molecule has 3 N–H and O–H groups in total. The fraction of sp³-hybridized carbons (Fsp3) is 0.280. The summed E-state index contributed by atoms with van der Waals surface area (Å²) in [6.07, 6.45) is 8.47. The molecule has 3 aliphatic heterocycles. The van der Waals surface area contributed by atoms with E-state index in [2.05, 4.69) is 109 Å². The second-order valence-electron chi connectivity index (χ2n) is 16.5. The summed E-state index contributed by atoms with van der Waals surface area (Å²) in [5, 5.41) is 39.3. The number of aromatic nitrogens is 6. The molecule has 0 aliphatic carbocycles. The van der Waals surface area contributed by atoms with Crippen LogP contribution in [0.1, 0.15) is 32.1 Å². The average Bonchev–Trinajstić information content (AvgIpc) is 4.19. The fourth-order valence-corrected chi connectivity index (χ4v) is 11.7. The van der Waals surface area contributed by atoms with Gasteiger partial charge in [-0.2, -0.15) is 0 Å². The summed E-state index contributed by atoms with van der Waals surface area (Å²) in [6.45, 7) is 4.77. The van der Waals surface area contributed by atoms with Gasteiger partial charge in [0.15, 0.2) is 0 Å². The first-order valence-corrected chi connectivity index (χ1v) is 24.7. The normalized spacial score (nSPS) is 17.9. The zero-order valence-corrected chi connectivity index (χ0v) is 38.2. The molecule has 0 bridgehead atoms. The Morgan fingerprint density at radius 2 is 0.754 bits per heavy atom. The van der Waals surface area contributed by atoms with Crippen LogP contribution in [0.25, 0.3) is 64.0 Å². The van der Waals surface area contributed by atoms with Crippen LogP contribution < -0.4 is 14.7 Å². The van der Waals surface area contributed by atoms with Crippen LogP contribution in [0, 0.1) is 0 Å². The lowest BCUT2D eigenvalue weighted by molar-refractivity contribution is 0.145. The van der Waals surface area contributed by atoms with Crippen LogP contribution in [0.4, 0.5) is 17.5 Å². The van der Waals surface area contributed by atoms with Crippen LogP contribution >= 0.6 is 34.0 Å². The van der Waals surface area contributed by atoms with Crippen molar-refractivity contribution in [3.8, 4) is 33.4 Å². The van der Waals surface area contributed by atoms with Gasteiger partial charge in [0.25, 0.3) is 0 Å². The van der Waals surface area contributed by atoms with E-state index in [9.17, 15) is 15.3 Å². The Hall–Kier alpha value is -5.94. The highest BCUT2D eigenvalue weighted by molar-refractivity contribution is 7.18. The Morgan fingerprint density at radius 1 is 0.400 bits per heavy atom. The largest absolute Gasteiger partial charge is 0.393 e. The number of thiophene rings is 3. The molecular formula is C50H49N9O3S3. The van der Waals surface area contributed by atoms with Crippen molar-refractivity contribution in [2.75, 3.05) is 54.0 Å². The summed E-state index contributed by atoms with van der Waals surface area (Å²) in [4.78, 5) is 36.5. The Morgan fingerprint density at radius 3 is 1.14 bits per heavy atom. The van der Waals surface area contributed by atoms with E-state index in [0.717, 1.165) is 106 Å². The zero-order valence-electron chi connectivity index (χ0n) is 35.7. The van der Waals surface area contributed by atoms with Gasteiger partial charge < -0.3 is 30.0 Å². The predicted octanol–water partition coefficient (Wildman–Crippen LogP) is 9.57. The van der Waals surface area contributed by atoms with Crippen molar-refractivity contribution >= 4 is 82.1 Å². The highest BCUT2D eigenvalue weighted by atomic mass is 32.1. The van der Waals surface area contributed by atoms with E-state index in [1.165, 1.54) is 33.4 Å². The molecule has 3 aliphatic rings. The van der Waals surface area contributed by atoms with Crippen molar-refractivity contribution < 1.29 is 15.3 Å². The quantitative estimate of drug-likeness (QED) is 0.146. The van der Waals surface area contributed by atoms with Gasteiger partial charge in [-0.1, -0.05) is 91.0 Å². The molecule has 0 spiro atoms. The number of aliphatic hydroxyl groups is 3. The molecule has 0 saturated carbocycles. The number of hydrogen-bond donors (Lipinski definition) is 3. The second kappa shape index (κ2) is 19.7. The van der Waals surface area contributed by atoms with Crippen molar-refractivity contribution in [1.82, 2.24) is 29.9 Å². The van der Waals surface area contributed by atoms with Crippen LogP contribution in [-0.2, 0) is 0 Å². The summed E-state index contributed by atoms with van der Waals surface area (Å²) in [5.74, 6) is 2.89. The first-order chi connectivity index (χ1) is 32.0. The molecule has 6 aromatic heterocycles. The second-order valence-corrected chi connectivity index (χ2v) is 19.1. The minimum absolute atomic E-state index is 0.176. The van der Waals surface area contributed by atoms with Gasteiger partial charge in [0, 0.05) is 72.1 Å². The molecule has 3 fully saturated rings. The Kier molecular flexibility index (Phi) is 13.0. The number of nitrogens with zero attached hydrogens (tertiary/aromatic N) is 9. The van der Waals surface area contributed by atoms with E-state index in [1.807, 2.05) is 42.5 Å². The Labute approximate surface area is 389 Å². The lowest BCUT2D eigenvalue weighted by Gasteiger charge is -2.31. The van der Waals surface area contributed by atoms with Crippen molar-refractivity contribution in [3.63, 3.8) is 0 Å². The molecule has 3 aromatic carbocycles.